The molecule has 6 N–H and O–H groups in total. The van der Waals surface area contributed by atoms with E-state index in [1.165, 1.54) is 6.20 Å². The van der Waals surface area contributed by atoms with E-state index in [1.807, 2.05) is 0 Å². The third-order valence-electron chi connectivity index (χ3n) is 3.84. The molecule has 0 spiro atoms. The average Bonchev–Trinajstić information content (AvgIpc) is 2.55. The van der Waals surface area contributed by atoms with Crippen LogP contribution in [0.25, 0.3) is 0 Å². The van der Waals surface area contributed by atoms with Gasteiger partial charge in [-0.15, -0.1) is 0 Å². The standard InChI is InChI=1S/C14H21NO8/c1-6-10(18)8(7(3-16)2-15-6)5-22-14-13(21)12(20)11(19)9(4-17)23-14/h2,9,11-14,16-21H,3-5H2,1H3/t9-,11-,12+,13-,14+/m1/s1. The van der Waals surface area contributed by atoms with E-state index in [0.29, 0.717) is 11.3 Å². The highest BCUT2D eigenvalue weighted by molar-refractivity contribution is 5.40. The largest absolute Gasteiger partial charge is 0.506 e. The van der Waals surface area contributed by atoms with Crippen molar-refractivity contribution in [2.45, 2.75) is 50.8 Å². The Balaban J connectivity index is 2.13. The van der Waals surface area contributed by atoms with Crippen LogP contribution in [0, 0.1) is 6.92 Å². The molecule has 0 aromatic carbocycles. The van der Waals surface area contributed by atoms with Gasteiger partial charge in [0.1, 0.15) is 30.2 Å². The van der Waals surface area contributed by atoms with Crippen molar-refractivity contribution in [2.24, 2.45) is 0 Å². The van der Waals surface area contributed by atoms with Crippen molar-refractivity contribution in [1.82, 2.24) is 4.98 Å². The van der Waals surface area contributed by atoms with Crippen molar-refractivity contribution < 1.29 is 40.1 Å². The van der Waals surface area contributed by atoms with E-state index in [9.17, 15) is 25.5 Å². The first-order valence-corrected chi connectivity index (χ1v) is 7.10. The predicted octanol–water partition coefficient (Wildman–Crippen LogP) is -2.10. The highest BCUT2D eigenvalue weighted by atomic mass is 16.7. The van der Waals surface area contributed by atoms with E-state index in [4.69, 9.17) is 14.6 Å². The zero-order chi connectivity index (χ0) is 17.1. The Bertz CT molecular complexity index is 538. The Kier molecular flexibility index (Phi) is 5.87. The maximum atomic E-state index is 10.0. The van der Waals surface area contributed by atoms with Gasteiger partial charge in [0, 0.05) is 17.3 Å². The molecule has 9 nitrogen and oxygen atoms in total. The Morgan fingerprint density at radius 1 is 1.17 bits per heavy atom. The van der Waals surface area contributed by atoms with Crippen LogP contribution in [0.5, 0.6) is 5.75 Å². The Hall–Kier alpha value is -1.33. The van der Waals surface area contributed by atoms with Gasteiger partial charge >= 0.3 is 0 Å². The van der Waals surface area contributed by atoms with Gasteiger partial charge in [-0.05, 0) is 6.92 Å². The first-order valence-electron chi connectivity index (χ1n) is 7.10. The molecule has 0 bridgehead atoms. The third kappa shape index (κ3) is 3.61. The number of aliphatic hydroxyl groups is 5. The highest BCUT2D eigenvalue weighted by Crippen LogP contribution is 2.27. The normalized spacial score (nSPS) is 31.3. The van der Waals surface area contributed by atoms with E-state index in [1.54, 1.807) is 6.92 Å². The van der Waals surface area contributed by atoms with Gasteiger partial charge < -0.3 is 40.1 Å². The van der Waals surface area contributed by atoms with Crippen LogP contribution in [0.4, 0.5) is 0 Å². The van der Waals surface area contributed by atoms with Crippen LogP contribution in [-0.4, -0.2) is 72.9 Å². The number of aromatic nitrogens is 1. The van der Waals surface area contributed by atoms with Crippen LogP contribution < -0.4 is 0 Å². The molecule has 0 radical (unpaired) electrons. The summed E-state index contributed by atoms with van der Waals surface area (Å²) in [4.78, 5) is 3.91. The molecule has 2 heterocycles. The van der Waals surface area contributed by atoms with Crippen LogP contribution in [0.3, 0.4) is 0 Å². The van der Waals surface area contributed by atoms with Crippen LogP contribution in [-0.2, 0) is 22.7 Å². The quantitative estimate of drug-likeness (QED) is 0.356. The molecule has 1 saturated heterocycles. The van der Waals surface area contributed by atoms with E-state index < -0.39 is 37.3 Å². The second-order valence-corrected chi connectivity index (χ2v) is 5.36. The van der Waals surface area contributed by atoms with Gasteiger partial charge in [0.25, 0.3) is 0 Å². The molecule has 2 rings (SSSR count). The summed E-state index contributed by atoms with van der Waals surface area (Å²) in [5, 5.41) is 57.7. The van der Waals surface area contributed by atoms with Crippen LogP contribution >= 0.6 is 0 Å². The molecule has 9 heteroatoms. The summed E-state index contributed by atoms with van der Waals surface area (Å²) in [6, 6.07) is 0. The number of hydrogen-bond acceptors (Lipinski definition) is 9. The van der Waals surface area contributed by atoms with Crippen molar-refractivity contribution in [3.63, 3.8) is 0 Å². The van der Waals surface area contributed by atoms with Crippen LogP contribution in [0.2, 0.25) is 0 Å². The minimum atomic E-state index is -1.55. The number of aromatic hydroxyl groups is 1. The summed E-state index contributed by atoms with van der Waals surface area (Å²) in [6.45, 7) is 0.419. The van der Waals surface area contributed by atoms with Crippen molar-refractivity contribution >= 4 is 0 Å². The highest BCUT2D eigenvalue weighted by Gasteiger charge is 2.44. The second-order valence-electron chi connectivity index (χ2n) is 5.36. The van der Waals surface area contributed by atoms with Gasteiger partial charge in [0.2, 0.25) is 0 Å². The molecular weight excluding hydrogens is 310 g/mol. The van der Waals surface area contributed by atoms with Crippen molar-refractivity contribution in [3.8, 4) is 5.75 Å². The first-order chi connectivity index (χ1) is 10.9. The fraction of sp³-hybridized carbons (Fsp3) is 0.643. The summed E-state index contributed by atoms with van der Waals surface area (Å²) in [5.41, 5.74) is 0.962. The lowest BCUT2D eigenvalue weighted by molar-refractivity contribution is -0.304. The van der Waals surface area contributed by atoms with E-state index in [2.05, 4.69) is 4.98 Å². The van der Waals surface area contributed by atoms with E-state index >= 15 is 0 Å². The SMILES string of the molecule is Cc1ncc(CO)c(CO[C@H]2O[C@H](CO)[C@@H](O)[C@H](O)[C@H]2O)c1O. The smallest absolute Gasteiger partial charge is 0.187 e. The van der Waals surface area contributed by atoms with Crippen molar-refractivity contribution in [3.05, 3.63) is 23.0 Å². The molecule has 1 aliphatic heterocycles. The van der Waals surface area contributed by atoms with Crippen LogP contribution in [0.15, 0.2) is 6.20 Å². The molecular formula is C14H21NO8. The molecule has 5 atom stereocenters. The number of rotatable bonds is 5. The molecule has 1 fully saturated rings. The molecule has 0 aliphatic carbocycles. The summed E-state index contributed by atoms with van der Waals surface area (Å²) in [6.07, 6.45) is -5.56. The molecule has 0 saturated carbocycles. The number of hydrogen-bond donors (Lipinski definition) is 6. The van der Waals surface area contributed by atoms with Gasteiger partial charge in [0.15, 0.2) is 6.29 Å². The lowest BCUT2D eigenvalue weighted by Crippen LogP contribution is -2.59. The topological polar surface area (TPSA) is 153 Å². The molecule has 23 heavy (non-hydrogen) atoms. The lowest BCUT2D eigenvalue weighted by Gasteiger charge is -2.39. The lowest BCUT2D eigenvalue weighted by atomic mass is 9.99. The predicted molar refractivity (Wildman–Crippen MR) is 75.1 cm³/mol. The summed E-state index contributed by atoms with van der Waals surface area (Å²) < 4.78 is 10.6. The number of nitrogens with zero attached hydrogens (tertiary/aromatic N) is 1. The zero-order valence-electron chi connectivity index (χ0n) is 12.5. The van der Waals surface area contributed by atoms with E-state index in [-0.39, 0.29) is 24.5 Å². The third-order valence-corrected chi connectivity index (χ3v) is 3.84. The Morgan fingerprint density at radius 3 is 2.48 bits per heavy atom. The molecule has 0 amide bonds. The van der Waals surface area contributed by atoms with E-state index in [0.717, 1.165) is 0 Å². The van der Waals surface area contributed by atoms with Crippen molar-refractivity contribution in [2.75, 3.05) is 6.61 Å². The number of ether oxygens (including phenoxy) is 2. The molecule has 1 aromatic heterocycles. The number of pyridine rings is 1. The average molecular weight is 331 g/mol. The molecule has 130 valence electrons. The number of aliphatic hydroxyl groups excluding tert-OH is 5. The minimum Gasteiger partial charge on any atom is -0.506 e. The van der Waals surface area contributed by atoms with Gasteiger partial charge in [-0.2, -0.15) is 0 Å². The maximum Gasteiger partial charge on any atom is 0.187 e. The monoisotopic (exact) mass is 331 g/mol. The minimum absolute atomic E-state index is 0.152. The zero-order valence-corrected chi connectivity index (χ0v) is 12.5. The fourth-order valence-corrected chi connectivity index (χ4v) is 2.35. The number of aryl methyl sites for hydroxylation is 1. The van der Waals surface area contributed by atoms with Crippen LogP contribution in [0.1, 0.15) is 16.8 Å². The summed E-state index contributed by atoms with van der Waals surface area (Å²) in [7, 11) is 0. The van der Waals surface area contributed by atoms with Gasteiger partial charge in [0.05, 0.1) is 25.5 Å². The summed E-state index contributed by atoms with van der Waals surface area (Å²) in [5.74, 6) is -0.152. The van der Waals surface area contributed by atoms with Gasteiger partial charge in [-0.3, -0.25) is 4.98 Å². The van der Waals surface area contributed by atoms with Crippen molar-refractivity contribution in [1.29, 1.82) is 0 Å². The summed E-state index contributed by atoms with van der Waals surface area (Å²) >= 11 is 0. The Morgan fingerprint density at radius 2 is 1.87 bits per heavy atom. The molecule has 0 unspecified atom stereocenters. The first kappa shape index (κ1) is 18.0. The second kappa shape index (κ2) is 7.49. The van der Waals surface area contributed by atoms with Gasteiger partial charge in [-0.25, -0.2) is 0 Å². The Labute approximate surface area is 132 Å². The molecule has 1 aromatic rings. The maximum absolute atomic E-state index is 10.0. The van der Waals surface area contributed by atoms with Gasteiger partial charge in [-0.1, -0.05) is 0 Å². The molecule has 1 aliphatic rings. The fourth-order valence-electron chi connectivity index (χ4n) is 2.35.